The minimum Gasteiger partial charge on any atom is -0.487 e. The molecule has 1 saturated carbocycles. The number of nitrogens with zero attached hydrogens (tertiary/aromatic N) is 5. The van der Waals surface area contributed by atoms with E-state index in [0.29, 0.717) is 69.7 Å². The minimum absolute atomic E-state index is 0.0827. The third-order valence-electron chi connectivity index (χ3n) is 7.88. The highest BCUT2D eigenvalue weighted by molar-refractivity contribution is 6.37. The number of pyridine rings is 1. The van der Waals surface area contributed by atoms with E-state index in [2.05, 4.69) is 15.3 Å². The first-order valence-corrected chi connectivity index (χ1v) is 14.9. The maximum absolute atomic E-state index is 11.6. The molecule has 0 amide bonds. The molecule has 4 aromatic rings. The fourth-order valence-corrected chi connectivity index (χ4v) is 6.27. The van der Waals surface area contributed by atoms with Crippen LogP contribution in [-0.2, 0) is 12.2 Å². The van der Waals surface area contributed by atoms with Gasteiger partial charge in [0.2, 0.25) is 5.88 Å². The minimum atomic E-state index is -1.18. The fourth-order valence-electron chi connectivity index (χ4n) is 5.36. The monoisotopic (exact) mass is 643 g/mol. The lowest BCUT2D eigenvalue weighted by molar-refractivity contribution is 0.0117. The zero-order valence-electron chi connectivity index (χ0n) is 23.1. The van der Waals surface area contributed by atoms with Crippen LogP contribution in [0, 0.1) is 0 Å². The number of hydrogen-bond acceptors (Lipinski definition) is 8. The quantitative estimate of drug-likeness (QED) is 0.217. The number of hydrogen-bond donors (Lipinski definition) is 2. The first kappa shape index (κ1) is 29.5. The molecule has 2 N–H and O–H groups in total. The molecule has 2 aromatic heterocycles. The van der Waals surface area contributed by atoms with E-state index in [0.717, 1.165) is 24.2 Å². The van der Waals surface area contributed by atoms with Crippen LogP contribution in [0.5, 0.6) is 11.6 Å². The van der Waals surface area contributed by atoms with Crippen molar-refractivity contribution in [3.63, 3.8) is 0 Å². The van der Waals surface area contributed by atoms with Crippen LogP contribution in [0.4, 0.5) is 5.82 Å². The second-order valence-corrected chi connectivity index (χ2v) is 11.9. The molecule has 1 aliphatic heterocycles. The van der Waals surface area contributed by atoms with E-state index in [9.17, 15) is 15.0 Å². The number of aliphatic hydroxyl groups is 1. The molecule has 2 aromatic carbocycles. The van der Waals surface area contributed by atoms with Crippen molar-refractivity contribution in [3.8, 4) is 17.3 Å². The van der Waals surface area contributed by atoms with Crippen molar-refractivity contribution in [1.82, 2.24) is 20.0 Å². The van der Waals surface area contributed by atoms with Crippen LogP contribution in [0.1, 0.15) is 58.9 Å². The lowest BCUT2D eigenvalue weighted by Crippen LogP contribution is -2.43. The number of aromatic nitrogens is 4. The van der Waals surface area contributed by atoms with Gasteiger partial charge in [0, 0.05) is 30.6 Å². The Morgan fingerprint density at radius 2 is 1.77 bits per heavy atom. The van der Waals surface area contributed by atoms with Gasteiger partial charge in [-0.15, -0.1) is 5.10 Å². The summed E-state index contributed by atoms with van der Waals surface area (Å²) in [5.74, 6) is 0.471. The van der Waals surface area contributed by atoms with Gasteiger partial charge in [-0.05, 0) is 56.0 Å². The van der Waals surface area contributed by atoms with Crippen LogP contribution in [0.25, 0.3) is 5.69 Å². The highest BCUT2D eigenvalue weighted by atomic mass is 35.5. The van der Waals surface area contributed by atoms with Crippen molar-refractivity contribution < 1.29 is 24.5 Å². The second-order valence-electron chi connectivity index (χ2n) is 10.7. The number of carboxylic acid groups (broad SMARTS) is 1. The molecule has 0 bridgehead atoms. The lowest BCUT2D eigenvalue weighted by Gasteiger charge is -2.39. The smallest absolute Gasteiger partial charge is 0.336 e. The molecule has 2 aliphatic rings. The molecular weight excluding hydrogens is 617 g/mol. The highest BCUT2D eigenvalue weighted by Gasteiger charge is 2.37. The van der Waals surface area contributed by atoms with Crippen molar-refractivity contribution in [2.24, 2.45) is 0 Å². The lowest BCUT2D eigenvalue weighted by atomic mass is 9.84. The van der Waals surface area contributed by atoms with Gasteiger partial charge in [-0.2, -0.15) is 4.98 Å². The van der Waals surface area contributed by atoms with E-state index in [4.69, 9.17) is 44.3 Å². The maximum Gasteiger partial charge on any atom is 0.336 e. The Hall–Kier alpha value is -3.57. The Morgan fingerprint density at radius 3 is 2.40 bits per heavy atom. The molecule has 43 heavy (non-hydrogen) atoms. The summed E-state index contributed by atoms with van der Waals surface area (Å²) in [5.41, 5.74) is 1.68. The van der Waals surface area contributed by atoms with E-state index >= 15 is 0 Å². The van der Waals surface area contributed by atoms with Crippen LogP contribution in [0.15, 0.2) is 48.5 Å². The van der Waals surface area contributed by atoms with Gasteiger partial charge >= 0.3 is 5.97 Å². The number of piperidine rings is 1. The molecule has 0 unspecified atom stereocenters. The number of benzene rings is 2. The third-order valence-corrected chi connectivity index (χ3v) is 8.81. The Kier molecular flexibility index (Phi) is 8.12. The number of anilines is 1. The molecule has 0 atom stereocenters. The Labute approximate surface area is 262 Å². The van der Waals surface area contributed by atoms with Crippen molar-refractivity contribution in [2.45, 2.75) is 43.8 Å². The molecule has 0 radical (unpaired) electrons. The molecule has 6 rings (SSSR count). The molecule has 3 heterocycles. The van der Waals surface area contributed by atoms with Crippen LogP contribution >= 0.6 is 34.8 Å². The van der Waals surface area contributed by atoms with Gasteiger partial charge in [-0.25, -0.2) is 9.48 Å². The summed E-state index contributed by atoms with van der Waals surface area (Å²) >= 11 is 19.6. The average Bonchev–Trinajstić information content (AvgIpc) is 3.76. The van der Waals surface area contributed by atoms with Gasteiger partial charge in [-0.1, -0.05) is 52.1 Å². The Bertz CT molecular complexity index is 1660. The first-order chi connectivity index (χ1) is 20.7. The van der Waals surface area contributed by atoms with Gasteiger partial charge in [0.25, 0.3) is 0 Å². The van der Waals surface area contributed by atoms with Gasteiger partial charge in [0.1, 0.15) is 29.6 Å². The summed E-state index contributed by atoms with van der Waals surface area (Å²) in [6.07, 6.45) is 2.80. The van der Waals surface area contributed by atoms with E-state index < -0.39 is 11.6 Å². The predicted octanol–water partition coefficient (Wildman–Crippen LogP) is 6.27. The number of halogens is 3. The van der Waals surface area contributed by atoms with Crippen LogP contribution < -0.4 is 14.4 Å². The van der Waals surface area contributed by atoms with Crippen LogP contribution in [-0.4, -0.2) is 56.4 Å². The number of para-hydroxylation sites is 1. The number of ether oxygens (including phenoxy) is 2. The predicted molar refractivity (Wildman–Crippen MR) is 162 cm³/mol. The van der Waals surface area contributed by atoms with Crippen LogP contribution in [0.2, 0.25) is 15.1 Å². The van der Waals surface area contributed by atoms with Gasteiger partial charge in [0.05, 0.1) is 39.0 Å². The summed E-state index contributed by atoms with van der Waals surface area (Å²) in [6, 6.07) is 13.4. The third kappa shape index (κ3) is 5.97. The number of carbonyl (C=O) groups is 1. The maximum atomic E-state index is 11.6. The molecule has 224 valence electrons. The van der Waals surface area contributed by atoms with Crippen molar-refractivity contribution in [2.75, 3.05) is 25.1 Å². The van der Waals surface area contributed by atoms with Gasteiger partial charge in [-0.3, -0.25) is 0 Å². The fraction of sp³-hybridized carbons (Fsp3) is 0.333. The SMILES string of the molecule is COc1cc(C(=O)O)cc(N2CCC(O)(c3ccc(OCc4c(C5CC5)nnn4-c4c(Cl)cccc4Cl)cc3Cl)CC2)n1. The number of carboxylic acids is 1. The molecule has 10 nitrogen and oxygen atoms in total. The largest absolute Gasteiger partial charge is 0.487 e. The summed E-state index contributed by atoms with van der Waals surface area (Å²) < 4.78 is 13.0. The van der Waals surface area contributed by atoms with Crippen molar-refractivity contribution in [1.29, 1.82) is 0 Å². The molecule has 0 spiro atoms. The zero-order chi connectivity index (χ0) is 30.3. The van der Waals surface area contributed by atoms with Crippen molar-refractivity contribution in [3.05, 3.63) is 86.1 Å². The standard InChI is InChI=1S/C30H28Cl3N5O5/c1-42-26-14-18(29(39)40)13-25(34-26)37-11-9-30(41,10-12-37)20-8-7-19(15-23(20)33)43-16-24-27(17-5-6-17)35-36-38(24)28-21(31)3-2-4-22(28)32/h2-4,7-8,13-15,17,41H,5-6,9-12,16H2,1H3,(H,39,40). The van der Waals surface area contributed by atoms with E-state index in [1.54, 1.807) is 41.1 Å². The first-order valence-electron chi connectivity index (χ1n) is 13.8. The molecule has 1 aliphatic carbocycles. The van der Waals surface area contributed by atoms with Crippen molar-refractivity contribution >= 4 is 46.6 Å². The van der Waals surface area contributed by atoms with Gasteiger partial charge < -0.3 is 24.6 Å². The molecule has 1 saturated heterocycles. The number of methoxy groups -OCH3 is 1. The summed E-state index contributed by atoms with van der Waals surface area (Å²) in [5, 5.41) is 31.1. The van der Waals surface area contributed by atoms with E-state index in [-0.39, 0.29) is 18.1 Å². The topological polar surface area (TPSA) is 123 Å². The van der Waals surface area contributed by atoms with E-state index in [1.807, 2.05) is 4.90 Å². The average molecular weight is 645 g/mol. The second kappa shape index (κ2) is 11.8. The van der Waals surface area contributed by atoms with E-state index in [1.165, 1.54) is 19.2 Å². The highest BCUT2D eigenvalue weighted by Crippen LogP contribution is 2.43. The molecule has 13 heteroatoms. The van der Waals surface area contributed by atoms with Crippen LogP contribution in [0.3, 0.4) is 0 Å². The molecule has 2 fully saturated rings. The summed E-state index contributed by atoms with van der Waals surface area (Å²) in [7, 11) is 1.44. The van der Waals surface area contributed by atoms with Gasteiger partial charge in [0.15, 0.2) is 0 Å². The zero-order valence-corrected chi connectivity index (χ0v) is 25.4. The number of rotatable bonds is 9. The Balaban J connectivity index is 1.18. The Morgan fingerprint density at radius 1 is 1.05 bits per heavy atom. The summed E-state index contributed by atoms with van der Waals surface area (Å²) in [6.45, 7) is 1.05. The molecular formula is C30H28Cl3N5O5. The number of aromatic carboxylic acids is 1. The normalized spacial score (nSPS) is 16.3. The summed E-state index contributed by atoms with van der Waals surface area (Å²) in [4.78, 5) is 17.9.